The minimum absolute atomic E-state index is 0.0150. The highest BCUT2D eigenvalue weighted by Gasteiger charge is 2.42. The lowest BCUT2D eigenvalue weighted by Crippen LogP contribution is -2.52. The van der Waals surface area contributed by atoms with Crippen molar-refractivity contribution in [2.45, 2.75) is 25.1 Å². The highest BCUT2D eigenvalue weighted by molar-refractivity contribution is 6.91. The van der Waals surface area contributed by atoms with Crippen LogP contribution in [0.2, 0.25) is 13.1 Å². The molecular formula is C24H26O2Si. The van der Waals surface area contributed by atoms with Crippen LogP contribution < -0.4 is 5.19 Å². The molecule has 27 heavy (non-hydrogen) atoms. The van der Waals surface area contributed by atoms with Crippen LogP contribution in [0.15, 0.2) is 91.0 Å². The maximum atomic E-state index is 12.4. The van der Waals surface area contributed by atoms with Gasteiger partial charge in [-0.15, -0.1) is 0 Å². The van der Waals surface area contributed by atoms with E-state index in [1.807, 2.05) is 54.6 Å². The largest absolute Gasteiger partial charge is 0.481 e. The molecule has 3 aromatic carbocycles. The summed E-state index contributed by atoms with van der Waals surface area (Å²) >= 11 is 0. The Bertz CT molecular complexity index is 861. The van der Waals surface area contributed by atoms with Crippen LogP contribution in [-0.4, -0.2) is 19.1 Å². The molecular weight excluding hydrogens is 348 g/mol. The van der Waals surface area contributed by atoms with Crippen molar-refractivity contribution in [1.82, 2.24) is 0 Å². The molecule has 0 aliphatic rings. The van der Waals surface area contributed by atoms with Gasteiger partial charge in [-0.1, -0.05) is 109 Å². The molecule has 0 saturated carbocycles. The van der Waals surface area contributed by atoms with Gasteiger partial charge in [0.15, 0.2) is 0 Å². The van der Waals surface area contributed by atoms with E-state index in [0.717, 1.165) is 11.1 Å². The standard InChI is InChI=1S/C24H26O2Si/c1-27(2,21-16-10-5-11-17-21)23(20-14-8-4-9-15-20)22(24(25)26)18-19-12-6-3-7-13-19/h3-17,22-23H,18H2,1-2H3,(H,25,26)/t22-,23-/m0/s1. The zero-order valence-corrected chi connectivity index (χ0v) is 16.9. The normalized spacial score (nSPS) is 13.7. The number of aliphatic carboxylic acids is 1. The summed E-state index contributed by atoms with van der Waals surface area (Å²) in [5, 5.41) is 11.5. The third kappa shape index (κ3) is 4.37. The van der Waals surface area contributed by atoms with Crippen molar-refractivity contribution in [2.24, 2.45) is 5.92 Å². The van der Waals surface area contributed by atoms with Crippen molar-refractivity contribution in [2.75, 3.05) is 0 Å². The Hall–Kier alpha value is -2.65. The van der Waals surface area contributed by atoms with E-state index in [0.29, 0.717) is 6.42 Å². The maximum Gasteiger partial charge on any atom is 0.307 e. The van der Waals surface area contributed by atoms with Crippen molar-refractivity contribution >= 4 is 19.2 Å². The monoisotopic (exact) mass is 374 g/mol. The predicted octanol–water partition coefficient (Wildman–Crippen LogP) is 4.87. The Morgan fingerprint density at radius 1 is 0.815 bits per heavy atom. The SMILES string of the molecule is C[Si](C)(c1ccccc1)[C@@H](c1ccccc1)[C@H](Cc1ccccc1)C(=O)O. The molecule has 0 fully saturated rings. The zero-order valence-electron chi connectivity index (χ0n) is 15.9. The van der Waals surface area contributed by atoms with E-state index in [-0.39, 0.29) is 5.54 Å². The fraction of sp³-hybridized carbons (Fsp3) is 0.208. The molecule has 0 aromatic heterocycles. The summed E-state index contributed by atoms with van der Waals surface area (Å²) in [6, 6.07) is 30.6. The summed E-state index contributed by atoms with van der Waals surface area (Å²) in [6.07, 6.45) is 0.541. The van der Waals surface area contributed by atoms with Gasteiger partial charge in [-0.3, -0.25) is 4.79 Å². The first-order valence-corrected chi connectivity index (χ1v) is 12.4. The van der Waals surface area contributed by atoms with Crippen molar-refractivity contribution in [1.29, 1.82) is 0 Å². The van der Waals surface area contributed by atoms with Crippen molar-refractivity contribution in [3.63, 3.8) is 0 Å². The molecule has 3 rings (SSSR count). The van der Waals surface area contributed by atoms with Gasteiger partial charge in [0.2, 0.25) is 0 Å². The molecule has 3 aromatic rings. The quantitative estimate of drug-likeness (QED) is 0.599. The fourth-order valence-electron chi connectivity index (χ4n) is 4.08. The second-order valence-corrected chi connectivity index (χ2v) is 12.3. The molecule has 2 nitrogen and oxygen atoms in total. The Morgan fingerprint density at radius 2 is 1.30 bits per heavy atom. The molecule has 1 N–H and O–H groups in total. The second kappa shape index (κ2) is 8.36. The molecule has 3 heteroatoms. The maximum absolute atomic E-state index is 12.4. The predicted molar refractivity (Wildman–Crippen MR) is 114 cm³/mol. The van der Waals surface area contributed by atoms with E-state index in [2.05, 4.69) is 49.5 Å². The molecule has 0 heterocycles. The summed E-state index contributed by atoms with van der Waals surface area (Å²) in [7, 11) is -2.11. The van der Waals surface area contributed by atoms with Gasteiger partial charge in [-0.25, -0.2) is 0 Å². The molecule has 0 bridgehead atoms. The number of hydrogen-bond acceptors (Lipinski definition) is 1. The molecule has 0 saturated heterocycles. The van der Waals surface area contributed by atoms with Crippen LogP contribution in [0.3, 0.4) is 0 Å². The molecule has 2 atom stereocenters. The summed E-state index contributed by atoms with van der Waals surface area (Å²) in [6.45, 7) is 4.59. The van der Waals surface area contributed by atoms with Gasteiger partial charge >= 0.3 is 5.97 Å². The first-order valence-electron chi connectivity index (χ1n) is 9.37. The molecule has 0 amide bonds. The number of hydrogen-bond donors (Lipinski definition) is 1. The van der Waals surface area contributed by atoms with Crippen LogP contribution in [-0.2, 0) is 11.2 Å². The van der Waals surface area contributed by atoms with E-state index in [9.17, 15) is 9.90 Å². The number of carboxylic acids is 1. The lowest BCUT2D eigenvalue weighted by Gasteiger charge is -2.37. The van der Waals surface area contributed by atoms with Gasteiger partial charge in [0.25, 0.3) is 0 Å². The fourth-order valence-corrected chi connectivity index (χ4v) is 7.78. The van der Waals surface area contributed by atoms with E-state index < -0.39 is 20.0 Å². The summed E-state index contributed by atoms with van der Waals surface area (Å²) in [4.78, 5) is 12.4. The van der Waals surface area contributed by atoms with Gasteiger partial charge in [0.05, 0.1) is 14.0 Å². The van der Waals surface area contributed by atoms with Crippen LogP contribution in [0.25, 0.3) is 0 Å². The van der Waals surface area contributed by atoms with Crippen molar-refractivity contribution in [3.8, 4) is 0 Å². The third-order valence-corrected chi connectivity index (χ3v) is 9.58. The van der Waals surface area contributed by atoms with Gasteiger partial charge in [-0.2, -0.15) is 0 Å². The van der Waals surface area contributed by atoms with Crippen molar-refractivity contribution in [3.05, 3.63) is 102 Å². The number of benzene rings is 3. The van der Waals surface area contributed by atoms with Crippen molar-refractivity contribution < 1.29 is 9.90 Å². The van der Waals surface area contributed by atoms with E-state index in [1.165, 1.54) is 5.19 Å². The molecule has 0 aliphatic heterocycles. The lowest BCUT2D eigenvalue weighted by atomic mass is 9.92. The summed E-state index contributed by atoms with van der Waals surface area (Å²) < 4.78 is 0. The summed E-state index contributed by atoms with van der Waals surface area (Å²) in [5.74, 6) is -1.18. The lowest BCUT2D eigenvalue weighted by molar-refractivity contribution is -0.141. The Kier molecular flexibility index (Phi) is 5.92. The van der Waals surface area contributed by atoms with Crippen LogP contribution in [0.1, 0.15) is 16.7 Å². The summed E-state index contributed by atoms with van der Waals surface area (Å²) in [5.41, 5.74) is 2.18. The number of carboxylic acid groups (broad SMARTS) is 1. The number of rotatable bonds is 7. The van der Waals surface area contributed by atoms with Gasteiger partial charge in [0, 0.05) is 0 Å². The minimum atomic E-state index is -2.11. The second-order valence-electron chi connectivity index (χ2n) is 7.61. The van der Waals surface area contributed by atoms with Crippen LogP contribution >= 0.6 is 0 Å². The topological polar surface area (TPSA) is 37.3 Å². The molecule has 138 valence electrons. The van der Waals surface area contributed by atoms with E-state index >= 15 is 0 Å². The zero-order chi connectivity index (χ0) is 19.3. The molecule has 0 aliphatic carbocycles. The minimum Gasteiger partial charge on any atom is -0.481 e. The van der Waals surface area contributed by atoms with Crippen LogP contribution in [0.5, 0.6) is 0 Å². The first-order chi connectivity index (χ1) is 13.0. The average molecular weight is 375 g/mol. The van der Waals surface area contributed by atoms with E-state index in [4.69, 9.17) is 0 Å². The Labute approximate surface area is 162 Å². The van der Waals surface area contributed by atoms with E-state index in [1.54, 1.807) is 0 Å². The van der Waals surface area contributed by atoms with Crippen LogP contribution in [0, 0.1) is 5.92 Å². The average Bonchev–Trinajstić information content (AvgIpc) is 2.69. The van der Waals surface area contributed by atoms with Crippen LogP contribution in [0.4, 0.5) is 0 Å². The first kappa shape index (κ1) is 19.1. The smallest absolute Gasteiger partial charge is 0.307 e. The Balaban J connectivity index is 2.09. The van der Waals surface area contributed by atoms with Gasteiger partial charge in [-0.05, 0) is 23.1 Å². The molecule has 0 radical (unpaired) electrons. The highest BCUT2D eigenvalue weighted by Crippen LogP contribution is 2.36. The highest BCUT2D eigenvalue weighted by atomic mass is 28.3. The van der Waals surface area contributed by atoms with Gasteiger partial charge in [0.1, 0.15) is 0 Å². The molecule has 0 spiro atoms. The third-order valence-electron chi connectivity index (χ3n) is 5.47. The van der Waals surface area contributed by atoms with Gasteiger partial charge < -0.3 is 5.11 Å². The number of carbonyl (C=O) groups is 1. The Morgan fingerprint density at radius 3 is 1.81 bits per heavy atom. The molecule has 0 unspecified atom stereocenters.